The van der Waals surface area contributed by atoms with Crippen LogP contribution in [0.25, 0.3) is 0 Å². The van der Waals surface area contributed by atoms with Crippen LogP contribution in [0.4, 0.5) is 0 Å². The molecule has 0 aromatic heterocycles. The molecule has 0 aliphatic carbocycles. The largest absolute Gasteiger partial charge is 0.460 e. The summed E-state index contributed by atoms with van der Waals surface area (Å²) < 4.78 is 10.0. The molecule has 0 bridgehead atoms. The minimum atomic E-state index is -0.722. The lowest BCUT2D eigenvalue weighted by atomic mass is 9.95. The van der Waals surface area contributed by atoms with Crippen molar-refractivity contribution in [1.29, 1.82) is 5.41 Å². The zero-order chi connectivity index (χ0) is 15.7. The molecule has 1 aromatic rings. The van der Waals surface area contributed by atoms with Crippen LogP contribution in [0.2, 0.25) is 0 Å². The first-order valence-electron chi connectivity index (χ1n) is 6.96. The highest BCUT2D eigenvalue weighted by molar-refractivity contribution is 6.35. The number of aliphatic imine (C=N–C) groups is 1. The molecule has 0 saturated heterocycles. The summed E-state index contributed by atoms with van der Waals surface area (Å²) in [5, 5.41) is 7.48. The first-order valence-corrected chi connectivity index (χ1v) is 6.96. The van der Waals surface area contributed by atoms with Crippen LogP contribution in [-0.4, -0.2) is 37.8 Å². The highest BCUT2D eigenvalue weighted by Gasteiger charge is 2.14. The van der Waals surface area contributed by atoms with Gasteiger partial charge < -0.3 is 9.47 Å². The Balaban J connectivity index is 2.59. The maximum Gasteiger partial charge on any atom is 0.375 e. The molecule has 0 heterocycles. The van der Waals surface area contributed by atoms with Gasteiger partial charge in [0.15, 0.2) is 0 Å². The Morgan fingerprint density at radius 3 is 2.62 bits per heavy atom. The number of esters is 1. The van der Waals surface area contributed by atoms with E-state index in [4.69, 9.17) is 14.9 Å². The van der Waals surface area contributed by atoms with Crippen molar-refractivity contribution in [2.75, 3.05) is 13.7 Å². The number of carbonyl (C=O) groups excluding carboxylic acids is 1. The Kier molecular flexibility index (Phi) is 7.32. The molecule has 1 N–H and O–H groups in total. The van der Waals surface area contributed by atoms with E-state index in [1.165, 1.54) is 11.8 Å². The zero-order valence-electron chi connectivity index (χ0n) is 12.7. The molecule has 5 heteroatoms. The lowest BCUT2D eigenvalue weighted by Crippen LogP contribution is -2.19. The van der Waals surface area contributed by atoms with Crippen LogP contribution in [-0.2, 0) is 14.3 Å². The van der Waals surface area contributed by atoms with Gasteiger partial charge in [0.25, 0.3) is 0 Å². The van der Waals surface area contributed by atoms with Gasteiger partial charge in [-0.1, -0.05) is 37.3 Å². The number of rotatable bonds is 6. The van der Waals surface area contributed by atoms with Crippen molar-refractivity contribution in [3.8, 4) is 0 Å². The summed E-state index contributed by atoms with van der Waals surface area (Å²) in [5.74, 6) is -0.842. The van der Waals surface area contributed by atoms with Gasteiger partial charge in [0, 0.05) is 13.3 Å². The van der Waals surface area contributed by atoms with Gasteiger partial charge in [0.2, 0.25) is 5.84 Å². The fraction of sp³-hybridized carbons (Fsp3) is 0.438. The number of nitrogens with zero attached hydrogens (tertiary/aromatic N) is 1. The molecule has 1 rings (SSSR count). The molecule has 114 valence electrons. The Bertz CT molecular complexity index is 486. The molecule has 0 amide bonds. The van der Waals surface area contributed by atoms with Crippen molar-refractivity contribution in [2.45, 2.75) is 32.3 Å². The van der Waals surface area contributed by atoms with E-state index in [1.54, 1.807) is 14.0 Å². The van der Waals surface area contributed by atoms with Crippen LogP contribution < -0.4 is 0 Å². The molecule has 1 aromatic carbocycles. The van der Waals surface area contributed by atoms with Crippen molar-refractivity contribution in [3.63, 3.8) is 0 Å². The van der Waals surface area contributed by atoms with E-state index in [9.17, 15) is 4.79 Å². The standard InChI is InChI=1S/C16H22N2O3/c1-4-21-16(19)15(17)18-11-14(20-3)10-12(2)13-8-6-5-7-9-13/h5-9,11-12,14,17H,4,10H2,1-3H3/t12-,14+/m0/s1. The van der Waals surface area contributed by atoms with Gasteiger partial charge in [-0.15, -0.1) is 0 Å². The molecule has 0 saturated carbocycles. The summed E-state index contributed by atoms with van der Waals surface area (Å²) in [5.41, 5.74) is 1.22. The van der Waals surface area contributed by atoms with Crippen LogP contribution in [0.3, 0.4) is 0 Å². The van der Waals surface area contributed by atoms with Crippen LogP contribution in [0, 0.1) is 5.41 Å². The quantitative estimate of drug-likeness (QED) is 0.497. The minimum absolute atomic E-state index is 0.232. The van der Waals surface area contributed by atoms with Crippen LogP contribution in [0.1, 0.15) is 31.7 Å². The number of hydrogen-bond donors (Lipinski definition) is 1. The molecule has 0 aliphatic rings. The molecule has 0 aliphatic heterocycles. The molecular weight excluding hydrogens is 268 g/mol. The SMILES string of the molecule is CCOC(=O)C(=N)N=C[C@@H](C[C@H](C)c1ccccc1)OC. The summed E-state index contributed by atoms with van der Waals surface area (Å²) >= 11 is 0. The van der Waals surface area contributed by atoms with Crippen LogP contribution in [0.15, 0.2) is 35.3 Å². The lowest BCUT2D eigenvalue weighted by Gasteiger charge is -2.16. The van der Waals surface area contributed by atoms with Crippen LogP contribution in [0.5, 0.6) is 0 Å². The number of methoxy groups -OCH3 is 1. The molecular formula is C16H22N2O3. The lowest BCUT2D eigenvalue weighted by molar-refractivity contribution is -0.135. The maximum absolute atomic E-state index is 11.3. The highest BCUT2D eigenvalue weighted by Crippen LogP contribution is 2.20. The van der Waals surface area contributed by atoms with Gasteiger partial charge in [-0.05, 0) is 24.8 Å². The number of nitrogens with one attached hydrogen (secondary N) is 1. The van der Waals surface area contributed by atoms with Crippen molar-refractivity contribution >= 4 is 18.0 Å². The van der Waals surface area contributed by atoms with Crippen molar-refractivity contribution in [1.82, 2.24) is 0 Å². The fourth-order valence-electron chi connectivity index (χ4n) is 1.89. The van der Waals surface area contributed by atoms with Gasteiger partial charge in [0.1, 0.15) is 0 Å². The van der Waals surface area contributed by atoms with Gasteiger partial charge in [-0.25, -0.2) is 9.79 Å². The smallest absolute Gasteiger partial charge is 0.375 e. The average Bonchev–Trinajstić information content (AvgIpc) is 2.51. The van der Waals surface area contributed by atoms with E-state index in [1.807, 2.05) is 18.2 Å². The second kappa shape index (κ2) is 9.02. The molecule has 21 heavy (non-hydrogen) atoms. The maximum atomic E-state index is 11.3. The van der Waals surface area contributed by atoms with Gasteiger partial charge in [0.05, 0.1) is 12.7 Å². The third-order valence-electron chi connectivity index (χ3n) is 3.10. The first kappa shape index (κ1) is 17.0. The summed E-state index contributed by atoms with van der Waals surface area (Å²) in [6.45, 7) is 4.02. The minimum Gasteiger partial charge on any atom is -0.460 e. The summed E-state index contributed by atoms with van der Waals surface area (Å²) in [6, 6.07) is 10.1. The number of ether oxygens (including phenoxy) is 2. The fourth-order valence-corrected chi connectivity index (χ4v) is 1.89. The third kappa shape index (κ3) is 5.87. The molecule has 0 radical (unpaired) electrons. The van der Waals surface area contributed by atoms with Crippen molar-refractivity contribution in [2.24, 2.45) is 4.99 Å². The Morgan fingerprint density at radius 1 is 1.38 bits per heavy atom. The molecule has 0 unspecified atom stereocenters. The van der Waals surface area contributed by atoms with E-state index in [2.05, 4.69) is 24.0 Å². The number of amidine groups is 1. The van der Waals surface area contributed by atoms with E-state index >= 15 is 0 Å². The number of benzene rings is 1. The third-order valence-corrected chi connectivity index (χ3v) is 3.10. The summed E-state index contributed by atoms with van der Waals surface area (Å²) in [7, 11) is 1.59. The summed E-state index contributed by atoms with van der Waals surface area (Å²) in [4.78, 5) is 15.1. The predicted octanol–water partition coefficient (Wildman–Crippen LogP) is 2.81. The average molecular weight is 290 g/mol. The van der Waals surface area contributed by atoms with Gasteiger partial charge >= 0.3 is 5.97 Å². The van der Waals surface area contributed by atoms with E-state index in [0.717, 1.165) is 6.42 Å². The first-order chi connectivity index (χ1) is 10.1. The molecule has 0 spiro atoms. The Labute approximate surface area is 125 Å². The van der Waals surface area contributed by atoms with Gasteiger partial charge in [-0.2, -0.15) is 0 Å². The van der Waals surface area contributed by atoms with Gasteiger partial charge in [-0.3, -0.25) is 5.41 Å². The van der Waals surface area contributed by atoms with E-state index in [-0.39, 0.29) is 12.7 Å². The summed E-state index contributed by atoms with van der Waals surface area (Å²) in [6.07, 6.45) is 1.95. The van der Waals surface area contributed by atoms with E-state index in [0.29, 0.717) is 5.92 Å². The monoisotopic (exact) mass is 290 g/mol. The topological polar surface area (TPSA) is 71.7 Å². The Hall–Kier alpha value is -2.01. The molecule has 0 fully saturated rings. The normalized spacial score (nSPS) is 13.9. The second-order valence-corrected chi connectivity index (χ2v) is 4.67. The Morgan fingerprint density at radius 2 is 2.05 bits per heavy atom. The number of hydrogen-bond acceptors (Lipinski definition) is 4. The van der Waals surface area contributed by atoms with Crippen LogP contribution >= 0.6 is 0 Å². The zero-order valence-corrected chi connectivity index (χ0v) is 12.7. The highest BCUT2D eigenvalue weighted by atomic mass is 16.5. The van der Waals surface area contributed by atoms with E-state index < -0.39 is 11.8 Å². The van der Waals surface area contributed by atoms with Crippen molar-refractivity contribution < 1.29 is 14.3 Å². The molecule has 2 atom stereocenters. The van der Waals surface area contributed by atoms with Crippen molar-refractivity contribution in [3.05, 3.63) is 35.9 Å². The predicted molar refractivity (Wildman–Crippen MR) is 83.1 cm³/mol. The number of carbonyl (C=O) groups is 1. The second-order valence-electron chi connectivity index (χ2n) is 4.67. The molecule has 5 nitrogen and oxygen atoms in total.